The third-order valence-electron chi connectivity index (χ3n) is 2.56. The lowest BCUT2D eigenvalue weighted by atomic mass is 10.1. The lowest BCUT2D eigenvalue weighted by Crippen LogP contribution is -2.31. The fourth-order valence-electron chi connectivity index (χ4n) is 1.71. The Bertz CT molecular complexity index is 262. The second-order valence-corrected chi connectivity index (χ2v) is 3.54. The molecule has 72 valence electrons. The molecule has 0 spiro atoms. The molecule has 1 saturated heterocycles. The highest BCUT2D eigenvalue weighted by Gasteiger charge is 2.15. The van der Waals surface area contributed by atoms with Gasteiger partial charge in [-0.1, -0.05) is 12.1 Å². The molecule has 0 aromatic carbocycles. The third kappa shape index (κ3) is 1.88. The van der Waals surface area contributed by atoms with E-state index in [2.05, 4.69) is 28.7 Å². The molecule has 0 bridgehead atoms. The minimum absolute atomic E-state index is 0.515. The van der Waals surface area contributed by atoms with Gasteiger partial charge in [0.2, 0.25) is 0 Å². The first kappa shape index (κ1) is 8.69. The number of rotatable bonds is 2. The molecule has 0 amide bonds. The first-order valence-corrected chi connectivity index (χ1v) is 5.01. The molecule has 13 heavy (non-hydrogen) atoms. The van der Waals surface area contributed by atoms with Gasteiger partial charge in [-0.05, 0) is 25.8 Å². The Morgan fingerprint density at radius 3 is 3.23 bits per heavy atom. The molecule has 0 saturated carbocycles. The molecule has 1 fully saturated rings. The molecule has 2 heterocycles. The van der Waals surface area contributed by atoms with Crippen molar-refractivity contribution >= 4 is 0 Å². The second-order valence-electron chi connectivity index (χ2n) is 3.54. The zero-order valence-corrected chi connectivity index (χ0v) is 8.03. The Kier molecular flexibility index (Phi) is 2.59. The summed E-state index contributed by atoms with van der Waals surface area (Å²) in [7, 11) is 0. The molecule has 0 radical (unpaired) electrons. The van der Waals surface area contributed by atoms with E-state index in [0.29, 0.717) is 6.04 Å². The topological polar surface area (TPSA) is 42.7 Å². The summed E-state index contributed by atoms with van der Waals surface area (Å²) in [6, 6.07) is 0.515. The van der Waals surface area contributed by atoms with Gasteiger partial charge in [-0.15, -0.1) is 5.10 Å². The van der Waals surface area contributed by atoms with Crippen molar-refractivity contribution in [2.75, 3.05) is 13.1 Å². The average molecular weight is 180 g/mol. The van der Waals surface area contributed by atoms with Gasteiger partial charge in [0.15, 0.2) is 0 Å². The summed E-state index contributed by atoms with van der Waals surface area (Å²) in [5.41, 5.74) is 1.09. The van der Waals surface area contributed by atoms with Gasteiger partial charge in [-0.25, -0.2) is 4.68 Å². The van der Waals surface area contributed by atoms with Gasteiger partial charge in [-0.3, -0.25) is 0 Å². The molecule has 4 nitrogen and oxygen atoms in total. The summed E-state index contributed by atoms with van der Waals surface area (Å²) in [4.78, 5) is 0. The van der Waals surface area contributed by atoms with E-state index in [4.69, 9.17) is 0 Å². The lowest BCUT2D eigenvalue weighted by Gasteiger charge is -2.22. The predicted molar refractivity (Wildman–Crippen MR) is 50.5 cm³/mol. The van der Waals surface area contributed by atoms with Crippen molar-refractivity contribution < 1.29 is 0 Å². The normalized spacial score (nSPS) is 23.3. The monoisotopic (exact) mass is 180 g/mol. The molecule has 4 heteroatoms. The van der Waals surface area contributed by atoms with Gasteiger partial charge in [0, 0.05) is 12.7 Å². The van der Waals surface area contributed by atoms with Crippen molar-refractivity contribution in [1.29, 1.82) is 0 Å². The van der Waals surface area contributed by atoms with Crippen molar-refractivity contribution in [2.45, 2.75) is 32.2 Å². The standard InChI is InChI=1S/C9H16N4/c1-2-8-7-13(12-11-8)9-4-3-5-10-6-9/h7,9-10H,2-6H2,1H3. The summed E-state index contributed by atoms with van der Waals surface area (Å²) in [6.07, 6.45) is 5.50. The predicted octanol–water partition coefficient (Wildman–Crippen LogP) is 0.765. The third-order valence-corrected chi connectivity index (χ3v) is 2.56. The van der Waals surface area contributed by atoms with Gasteiger partial charge < -0.3 is 5.32 Å². The SMILES string of the molecule is CCc1cn(C2CCCNC2)nn1. The quantitative estimate of drug-likeness (QED) is 0.731. The Morgan fingerprint density at radius 1 is 1.69 bits per heavy atom. The Balaban J connectivity index is 2.05. The number of piperidine rings is 1. The maximum Gasteiger partial charge on any atom is 0.0824 e. The van der Waals surface area contributed by atoms with Gasteiger partial charge in [0.05, 0.1) is 11.7 Å². The molecular weight excluding hydrogens is 164 g/mol. The number of aryl methyl sites for hydroxylation is 1. The highest BCUT2D eigenvalue weighted by Crippen LogP contribution is 2.14. The van der Waals surface area contributed by atoms with E-state index in [-0.39, 0.29) is 0 Å². The number of hydrogen-bond donors (Lipinski definition) is 1. The smallest absolute Gasteiger partial charge is 0.0824 e. The molecule has 1 N–H and O–H groups in total. The Morgan fingerprint density at radius 2 is 2.62 bits per heavy atom. The van der Waals surface area contributed by atoms with Crippen LogP contribution in [-0.4, -0.2) is 28.1 Å². The highest BCUT2D eigenvalue weighted by molar-refractivity contribution is 4.93. The zero-order valence-electron chi connectivity index (χ0n) is 8.03. The number of hydrogen-bond acceptors (Lipinski definition) is 3. The minimum Gasteiger partial charge on any atom is -0.315 e. The van der Waals surface area contributed by atoms with Crippen molar-refractivity contribution in [1.82, 2.24) is 20.3 Å². The molecule has 1 unspecified atom stereocenters. The molecule has 1 aromatic rings. The zero-order chi connectivity index (χ0) is 9.10. The van der Waals surface area contributed by atoms with Crippen LogP contribution >= 0.6 is 0 Å². The molecule has 1 aliphatic heterocycles. The van der Waals surface area contributed by atoms with Crippen LogP contribution < -0.4 is 5.32 Å². The summed E-state index contributed by atoms with van der Waals surface area (Å²) < 4.78 is 2.00. The van der Waals surface area contributed by atoms with Gasteiger partial charge in [-0.2, -0.15) is 0 Å². The van der Waals surface area contributed by atoms with E-state index >= 15 is 0 Å². The van der Waals surface area contributed by atoms with E-state index in [0.717, 1.165) is 25.2 Å². The molecule has 1 aliphatic rings. The van der Waals surface area contributed by atoms with E-state index < -0.39 is 0 Å². The molecular formula is C9H16N4. The van der Waals surface area contributed by atoms with Crippen LogP contribution in [0, 0.1) is 0 Å². The Labute approximate surface area is 78.3 Å². The summed E-state index contributed by atoms with van der Waals surface area (Å²) in [5, 5.41) is 11.6. The number of nitrogens with one attached hydrogen (secondary N) is 1. The lowest BCUT2D eigenvalue weighted by molar-refractivity contribution is 0.341. The highest BCUT2D eigenvalue weighted by atomic mass is 15.4. The maximum absolute atomic E-state index is 4.14. The first-order valence-electron chi connectivity index (χ1n) is 5.01. The van der Waals surface area contributed by atoms with Crippen LogP contribution in [-0.2, 0) is 6.42 Å². The van der Waals surface area contributed by atoms with Gasteiger partial charge >= 0.3 is 0 Å². The summed E-state index contributed by atoms with van der Waals surface area (Å²) in [6.45, 7) is 4.28. The van der Waals surface area contributed by atoms with Gasteiger partial charge in [0.25, 0.3) is 0 Å². The number of aromatic nitrogens is 3. The summed E-state index contributed by atoms with van der Waals surface area (Å²) in [5.74, 6) is 0. The molecule has 1 aromatic heterocycles. The van der Waals surface area contributed by atoms with Crippen molar-refractivity contribution in [3.63, 3.8) is 0 Å². The fraction of sp³-hybridized carbons (Fsp3) is 0.778. The molecule has 1 atom stereocenters. The number of nitrogens with zero attached hydrogens (tertiary/aromatic N) is 3. The minimum atomic E-state index is 0.515. The van der Waals surface area contributed by atoms with Crippen LogP contribution in [0.25, 0.3) is 0 Å². The largest absolute Gasteiger partial charge is 0.315 e. The van der Waals surface area contributed by atoms with Crippen molar-refractivity contribution in [3.05, 3.63) is 11.9 Å². The van der Waals surface area contributed by atoms with Crippen LogP contribution in [0.2, 0.25) is 0 Å². The van der Waals surface area contributed by atoms with Crippen LogP contribution in [0.15, 0.2) is 6.20 Å². The fourth-order valence-corrected chi connectivity index (χ4v) is 1.71. The van der Waals surface area contributed by atoms with Crippen LogP contribution in [0.5, 0.6) is 0 Å². The average Bonchev–Trinajstić information content (AvgIpc) is 2.67. The van der Waals surface area contributed by atoms with Crippen LogP contribution in [0.1, 0.15) is 31.5 Å². The molecule has 0 aliphatic carbocycles. The van der Waals surface area contributed by atoms with Crippen LogP contribution in [0.3, 0.4) is 0 Å². The van der Waals surface area contributed by atoms with Crippen molar-refractivity contribution in [2.24, 2.45) is 0 Å². The van der Waals surface area contributed by atoms with E-state index in [9.17, 15) is 0 Å². The maximum atomic E-state index is 4.14. The van der Waals surface area contributed by atoms with E-state index in [1.165, 1.54) is 12.8 Å². The molecule has 2 rings (SSSR count). The van der Waals surface area contributed by atoms with E-state index in [1.54, 1.807) is 0 Å². The van der Waals surface area contributed by atoms with Crippen LogP contribution in [0.4, 0.5) is 0 Å². The first-order chi connectivity index (χ1) is 6.40. The van der Waals surface area contributed by atoms with Crippen molar-refractivity contribution in [3.8, 4) is 0 Å². The second kappa shape index (κ2) is 3.87. The summed E-state index contributed by atoms with van der Waals surface area (Å²) >= 11 is 0. The van der Waals surface area contributed by atoms with E-state index in [1.807, 2.05) is 4.68 Å². The van der Waals surface area contributed by atoms with Gasteiger partial charge in [0.1, 0.15) is 0 Å². The Hall–Kier alpha value is -0.900.